The van der Waals surface area contributed by atoms with Gasteiger partial charge in [0, 0.05) is 6.42 Å². The van der Waals surface area contributed by atoms with Crippen LogP contribution in [-0.4, -0.2) is 193 Å². The first-order valence-corrected chi connectivity index (χ1v) is 39.4. The molecule has 0 aromatic heterocycles. The van der Waals surface area contributed by atoms with E-state index in [1.807, 2.05) is 0 Å². The van der Waals surface area contributed by atoms with Crippen LogP contribution < -0.4 is 5.32 Å². The number of unbranched alkanes of at least 4 members (excludes halogenated alkanes) is 22. The van der Waals surface area contributed by atoms with E-state index in [0.717, 1.165) is 141 Å². The topological polar surface area (TPSA) is 307 Å². The molecule has 19 heteroatoms. The molecular weight excluding hydrogens is 1300 g/mol. The Hall–Kier alpha value is -4.07. The van der Waals surface area contributed by atoms with Crippen molar-refractivity contribution in [2.45, 2.75) is 356 Å². The third kappa shape index (κ3) is 41.7. The molecule has 0 aromatic rings. The Balaban J connectivity index is 1.34. The van der Waals surface area contributed by atoms with Gasteiger partial charge in [0.05, 0.1) is 38.6 Å². The third-order valence-corrected chi connectivity index (χ3v) is 18.7. The predicted octanol–water partition coefficient (Wildman–Crippen LogP) is 12.9. The fourth-order valence-electron chi connectivity index (χ4n) is 12.4. The minimum absolute atomic E-state index is 0.245. The van der Waals surface area contributed by atoms with E-state index in [2.05, 4.69) is 153 Å². The lowest BCUT2D eigenvalue weighted by molar-refractivity contribution is -0.379. The van der Waals surface area contributed by atoms with Crippen LogP contribution in [0, 0.1) is 0 Å². The summed E-state index contributed by atoms with van der Waals surface area (Å²) in [6, 6.07) is -0.903. The van der Waals surface area contributed by atoms with Crippen LogP contribution in [0.3, 0.4) is 0 Å². The third-order valence-electron chi connectivity index (χ3n) is 18.7. The molecule has 1 amide bonds. The molecule has 19 nitrogen and oxygen atoms in total. The van der Waals surface area contributed by atoms with E-state index in [4.69, 9.17) is 28.4 Å². The molecule has 3 rings (SSSR count). The van der Waals surface area contributed by atoms with Gasteiger partial charge in [-0.15, -0.1) is 0 Å². The number of nitrogens with one attached hydrogen (secondary N) is 1. The van der Waals surface area contributed by atoms with Crippen molar-refractivity contribution in [2.75, 3.05) is 26.4 Å². The largest absolute Gasteiger partial charge is 0.394 e. The van der Waals surface area contributed by atoms with Crippen molar-refractivity contribution in [3.8, 4) is 0 Å². The molecule has 17 atom stereocenters. The highest BCUT2D eigenvalue weighted by Crippen LogP contribution is 2.33. The number of hydrogen-bond acceptors (Lipinski definition) is 18. The summed E-state index contributed by atoms with van der Waals surface area (Å²) in [5, 5.41) is 121. The number of allylic oxidation sites excluding steroid dienone is 22. The first-order valence-electron chi connectivity index (χ1n) is 39.4. The van der Waals surface area contributed by atoms with Gasteiger partial charge in [-0.3, -0.25) is 4.79 Å². The van der Waals surface area contributed by atoms with E-state index < -0.39 is 124 Å². The van der Waals surface area contributed by atoms with Crippen molar-refractivity contribution < 1.29 is 89.4 Å². The Kier molecular flexibility index (Phi) is 56.0. The summed E-state index contributed by atoms with van der Waals surface area (Å²) in [5.41, 5.74) is 0. The lowest BCUT2D eigenvalue weighted by atomic mass is 9.96. The maximum absolute atomic E-state index is 13.5. The van der Waals surface area contributed by atoms with E-state index in [0.29, 0.717) is 12.8 Å². The number of carbonyl (C=O) groups excluding carboxylic acids is 1. The molecule has 0 aliphatic carbocycles. The fraction of sp³-hybridized carbons (Fsp3) is 0.723. The highest BCUT2D eigenvalue weighted by molar-refractivity contribution is 5.76. The number of hydrogen-bond donors (Lipinski definition) is 12. The van der Waals surface area contributed by atoms with Crippen LogP contribution in [0.5, 0.6) is 0 Å². The Bertz CT molecular complexity index is 2370. The van der Waals surface area contributed by atoms with Gasteiger partial charge in [0.1, 0.15) is 73.2 Å². The molecule has 3 aliphatic rings. The van der Waals surface area contributed by atoms with Crippen LogP contribution in [-0.2, 0) is 33.2 Å². The maximum Gasteiger partial charge on any atom is 0.220 e. The molecular formula is C83H139NO18. The second kappa shape index (κ2) is 62.0. The number of carbonyl (C=O) groups is 1. The lowest BCUT2D eigenvalue weighted by Crippen LogP contribution is -2.66. The van der Waals surface area contributed by atoms with Crippen LogP contribution in [0.2, 0.25) is 0 Å². The van der Waals surface area contributed by atoms with E-state index in [1.165, 1.54) is 77.0 Å². The molecule has 12 N–H and O–H groups in total. The van der Waals surface area contributed by atoms with Gasteiger partial charge in [-0.25, -0.2) is 0 Å². The van der Waals surface area contributed by atoms with Crippen molar-refractivity contribution >= 4 is 5.91 Å². The van der Waals surface area contributed by atoms with Gasteiger partial charge >= 0.3 is 0 Å². The van der Waals surface area contributed by atoms with Gasteiger partial charge in [-0.1, -0.05) is 282 Å². The first kappa shape index (κ1) is 92.1. The zero-order chi connectivity index (χ0) is 73.9. The molecule has 584 valence electrons. The Morgan fingerprint density at radius 2 is 0.676 bits per heavy atom. The highest BCUT2D eigenvalue weighted by Gasteiger charge is 2.54. The molecule has 102 heavy (non-hydrogen) atoms. The Morgan fingerprint density at radius 1 is 0.363 bits per heavy atom. The molecule has 0 spiro atoms. The lowest BCUT2D eigenvalue weighted by Gasteiger charge is -2.48. The van der Waals surface area contributed by atoms with Crippen LogP contribution in [0.15, 0.2) is 134 Å². The van der Waals surface area contributed by atoms with Gasteiger partial charge in [0.2, 0.25) is 5.91 Å². The summed E-state index contributed by atoms with van der Waals surface area (Å²) in [6.07, 6.45) is 61.0. The van der Waals surface area contributed by atoms with Gasteiger partial charge in [-0.05, 0) is 96.3 Å². The molecule has 3 aliphatic heterocycles. The molecule has 17 unspecified atom stereocenters. The summed E-state index contributed by atoms with van der Waals surface area (Å²) in [5.74, 6) is -0.258. The summed E-state index contributed by atoms with van der Waals surface area (Å²) in [7, 11) is 0. The molecule has 0 aromatic carbocycles. The summed E-state index contributed by atoms with van der Waals surface area (Å²) < 4.78 is 34.4. The molecule has 0 bridgehead atoms. The zero-order valence-electron chi connectivity index (χ0n) is 62.3. The molecule has 3 heterocycles. The van der Waals surface area contributed by atoms with E-state index >= 15 is 0 Å². The number of ether oxygens (including phenoxy) is 6. The van der Waals surface area contributed by atoms with E-state index in [-0.39, 0.29) is 18.9 Å². The fourth-order valence-corrected chi connectivity index (χ4v) is 12.4. The predicted molar refractivity (Wildman–Crippen MR) is 406 cm³/mol. The van der Waals surface area contributed by atoms with Crippen molar-refractivity contribution in [1.82, 2.24) is 5.32 Å². The summed E-state index contributed by atoms with van der Waals surface area (Å²) in [6.45, 7) is 1.67. The Labute approximate surface area is 613 Å². The smallest absolute Gasteiger partial charge is 0.220 e. The van der Waals surface area contributed by atoms with Crippen LogP contribution in [0.25, 0.3) is 0 Å². The van der Waals surface area contributed by atoms with Gasteiger partial charge in [-0.2, -0.15) is 0 Å². The second-order valence-corrected chi connectivity index (χ2v) is 27.4. The zero-order valence-corrected chi connectivity index (χ0v) is 62.3. The maximum atomic E-state index is 13.5. The SMILES string of the molecule is CC/C=C\C/C=C\C/C=C\C/C=C\C/C=C\C/C=C\C/C=C\C/C=C\C/C=C\C/C=C\C/C=C\CCCCCCCCCC(=O)NC(COC1OC(CO)C(OC2OC(CO)C(OC3OC(CO)C(O)C(O)C3O)C(O)C2O)C(O)C1O)C(O)CCCCCCCCCCCCCCCCCC. The number of rotatable bonds is 60. The van der Waals surface area contributed by atoms with Crippen molar-refractivity contribution in [3.63, 3.8) is 0 Å². The standard InChI is InChI=1S/C83H139NO18/c1-3-5-7-9-11-13-15-17-19-21-22-23-24-25-26-27-28-29-30-31-32-33-34-35-36-37-38-39-40-41-42-43-44-45-47-49-51-53-55-57-59-61-71(89)84-66(67(88)60-58-56-54-52-50-48-46-20-18-16-14-12-10-8-6-4-2)65-97-81-77(95)74(92)79(69(63-86)99-81)102-83-78(96)75(93)80(70(64-87)100-83)101-82-76(94)73(91)72(90)68(62-85)98-82/h5,7,11,13,17,19,22-23,25-26,28-29,31-32,34-35,37-38,40-41,43-44,66-70,72-83,85-88,90-96H,3-4,6,8-10,12,14-16,18,20-21,24,27,30,33,36,39,42,45-65H2,1-2H3,(H,84,89)/b7-5-,13-11-,19-17-,23-22-,26-25-,29-28-,32-31-,35-34-,38-37-,41-40-,44-43-. The summed E-state index contributed by atoms with van der Waals surface area (Å²) in [4.78, 5) is 13.5. The average Bonchev–Trinajstić information content (AvgIpc) is 0.755. The van der Waals surface area contributed by atoms with Gasteiger partial charge in [0.25, 0.3) is 0 Å². The average molecular weight is 1440 g/mol. The number of aliphatic hydroxyl groups is 11. The minimum atomic E-state index is -1.98. The number of aliphatic hydroxyl groups excluding tert-OH is 11. The molecule has 3 fully saturated rings. The van der Waals surface area contributed by atoms with Crippen LogP contribution in [0.1, 0.15) is 251 Å². The van der Waals surface area contributed by atoms with Crippen molar-refractivity contribution in [3.05, 3.63) is 134 Å². The van der Waals surface area contributed by atoms with Crippen molar-refractivity contribution in [1.29, 1.82) is 0 Å². The van der Waals surface area contributed by atoms with Gasteiger partial charge < -0.3 is 89.9 Å². The quantitative estimate of drug-likeness (QED) is 0.0199. The number of amides is 1. The van der Waals surface area contributed by atoms with Gasteiger partial charge in [0.15, 0.2) is 18.9 Å². The highest BCUT2D eigenvalue weighted by atomic mass is 16.8. The molecule has 0 radical (unpaired) electrons. The van der Waals surface area contributed by atoms with Crippen LogP contribution in [0.4, 0.5) is 0 Å². The minimum Gasteiger partial charge on any atom is -0.394 e. The van der Waals surface area contributed by atoms with E-state index in [1.54, 1.807) is 0 Å². The van der Waals surface area contributed by atoms with E-state index in [9.17, 15) is 61.0 Å². The molecule has 3 saturated heterocycles. The van der Waals surface area contributed by atoms with Crippen LogP contribution >= 0.6 is 0 Å². The van der Waals surface area contributed by atoms with Crippen molar-refractivity contribution in [2.24, 2.45) is 0 Å². The molecule has 0 saturated carbocycles. The Morgan fingerprint density at radius 3 is 1.06 bits per heavy atom. The normalized spacial score (nSPS) is 26.9. The summed E-state index contributed by atoms with van der Waals surface area (Å²) >= 11 is 0. The second-order valence-electron chi connectivity index (χ2n) is 27.4. The first-order chi connectivity index (χ1) is 49.8. The monoisotopic (exact) mass is 1440 g/mol.